The summed E-state index contributed by atoms with van der Waals surface area (Å²) in [5.41, 5.74) is 3.37. The third-order valence-electron chi connectivity index (χ3n) is 3.87. The average Bonchev–Trinajstić information content (AvgIpc) is 3.18. The van der Waals surface area contributed by atoms with Crippen LogP contribution < -0.4 is 0 Å². The fourth-order valence-corrected chi connectivity index (χ4v) is 2.60. The molecule has 128 valence electrons. The van der Waals surface area contributed by atoms with Crippen molar-refractivity contribution < 1.29 is 4.42 Å². The van der Waals surface area contributed by atoms with E-state index in [0.29, 0.717) is 11.5 Å². The maximum atomic E-state index is 8.81. The van der Waals surface area contributed by atoms with Gasteiger partial charge in [-0.15, -0.1) is 0 Å². The van der Waals surface area contributed by atoms with Gasteiger partial charge in [0.25, 0.3) is 0 Å². The van der Waals surface area contributed by atoms with Gasteiger partial charge in [0.15, 0.2) is 0 Å². The first-order valence-corrected chi connectivity index (χ1v) is 8.41. The van der Waals surface area contributed by atoms with Crippen LogP contribution in [0, 0.1) is 22.7 Å². The number of hydrogen-bond donors (Lipinski definition) is 0. The molecule has 0 atom stereocenters. The highest BCUT2D eigenvalue weighted by Crippen LogP contribution is 2.23. The minimum Gasteiger partial charge on any atom is -0.457 e. The molecule has 1 aromatic heterocycles. The van der Waals surface area contributed by atoms with Crippen molar-refractivity contribution in [2.24, 2.45) is 0 Å². The molecule has 3 heteroatoms. The molecule has 0 radical (unpaired) electrons. The number of benzene rings is 2. The Morgan fingerprint density at radius 2 is 1.30 bits per heavy atom. The molecule has 3 aromatic rings. The van der Waals surface area contributed by atoms with Crippen molar-refractivity contribution in [3.63, 3.8) is 0 Å². The van der Waals surface area contributed by atoms with Crippen molar-refractivity contribution in [1.82, 2.24) is 0 Å². The monoisotopic (exact) mass is 348 g/mol. The van der Waals surface area contributed by atoms with Crippen LogP contribution >= 0.6 is 0 Å². The number of furan rings is 1. The van der Waals surface area contributed by atoms with Crippen molar-refractivity contribution in [2.75, 3.05) is 0 Å². The topological polar surface area (TPSA) is 60.7 Å². The Morgan fingerprint density at radius 3 is 1.85 bits per heavy atom. The Labute approximate surface area is 158 Å². The lowest BCUT2D eigenvalue weighted by Crippen LogP contribution is -1.86. The zero-order valence-corrected chi connectivity index (χ0v) is 14.5. The lowest BCUT2D eigenvalue weighted by molar-refractivity contribution is 0.547. The molecule has 2 aromatic carbocycles. The quantitative estimate of drug-likeness (QED) is 0.429. The summed E-state index contributed by atoms with van der Waals surface area (Å²) in [6, 6.07) is 27.5. The molecule has 1 heterocycles. The van der Waals surface area contributed by atoms with Gasteiger partial charge in [-0.2, -0.15) is 10.5 Å². The van der Waals surface area contributed by atoms with E-state index < -0.39 is 0 Å². The minimum atomic E-state index is 0.00946. The lowest BCUT2D eigenvalue weighted by Gasteiger charge is -2.07. The lowest BCUT2D eigenvalue weighted by atomic mass is 9.97. The van der Waals surface area contributed by atoms with Crippen LogP contribution in [0.2, 0.25) is 0 Å². The molecular formula is C24H16N2O. The Kier molecular flexibility index (Phi) is 5.81. The highest BCUT2D eigenvalue weighted by molar-refractivity contribution is 5.81. The second-order valence-electron chi connectivity index (χ2n) is 5.69. The first-order valence-electron chi connectivity index (χ1n) is 8.41. The Bertz CT molecular complexity index is 1020. The normalized spacial score (nSPS) is 10.0. The molecule has 0 bridgehead atoms. The van der Waals surface area contributed by atoms with Gasteiger partial charge in [-0.1, -0.05) is 72.8 Å². The largest absolute Gasteiger partial charge is 0.457 e. The van der Waals surface area contributed by atoms with E-state index in [0.717, 1.165) is 16.7 Å². The van der Waals surface area contributed by atoms with Crippen molar-refractivity contribution in [1.29, 1.82) is 10.5 Å². The van der Waals surface area contributed by atoms with Gasteiger partial charge >= 0.3 is 0 Å². The van der Waals surface area contributed by atoms with E-state index in [2.05, 4.69) is 24.3 Å². The van der Waals surface area contributed by atoms with E-state index in [9.17, 15) is 0 Å². The van der Waals surface area contributed by atoms with E-state index in [1.165, 1.54) is 6.08 Å². The first kappa shape index (κ1) is 17.7. The van der Waals surface area contributed by atoms with Crippen molar-refractivity contribution in [3.8, 4) is 12.1 Å². The molecule has 0 unspecified atom stereocenters. The van der Waals surface area contributed by atoms with Gasteiger partial charge in [0.2, 0.25) is 0 Å². The third kappa shape index (κ3) is 4.72. The molecule has 0 fully saturated rings. The van der Waals surface area contributed by atoms with E-state index >= 15 is 0 Å². The number of allylic oxidation sites excluding steroid dienone is 3. The molecule has 0 aliphatic rings. The van der Waals surface area contributed by atoms with Crippen LogP contribution in [0.5, 0.6) is 0 Å². The summed E-state index contributed by atoms with van der Waals surface area (Å²) >= 11 is 0. The smallest absolute Gasteiger partial charge is 0.133 e. The molecule has 0 saturated carbocycles. The van der Waals surface area contributed by atoms with Crippen LogP contribution in [0.15, 0.2) is 94.9 Å². The van der Waals surface area contributed by atoms with Crippen LogP contribution in [-0.2, 0) is 0 Å². The fraction of sp³-hybridized carbons (Fsp3) is 0. The standard InChI is InChI=1S/C24H16N2O/c25-17-19(18-26)16-23-15-14-22(27-23)12-7-13-24(20-8-3-1-4-9-20)21-10-5-2-6-11-21/h1-16H/b12-7+. The molecule has 3 nitrogen and oxygen atoms in total. The summed E-state index contributed by atoms with van der Waals surface area (Å²) in [5.74, 6) is 1.12. The molecular weight excluding hydrogens is 332 g/mol. The third-order valence-corrected chi connectivity index (χ3v) is 3.87. The van der Waals surface area contributed by atoms with Crippen LogP contribution in [-0.4, -0.2) is 0 Å². The van der Waals surface area contributed by atoms with Crippen molar-refractivity contribution in [2.45, 2.75) is 0 Å². The summed E-state index contributed by atoms with van der Waals surface area (Å²) < 4.78 is 5.62. The maximum Gasteiger partial charge on any atom is 0.133 e. The van der Waals surface area contributed by atoms with E-state index in [4.69, 9.17) is 14.9 Å². The van der Waals surface area contributed by atoms with E-state index in [-0.39, 0.29) is 5.57 Å². The number of hydrogen-bond acceptors (Lipinski definition) is 3. The summed E-state index contributed by atoms with van der Waals surface area (Å²) in [4.78, 5) is 0. The number of nitriles is 2. The van der Waals surface area contributed by atoms with Gasteiger partial charge in [-0.25, -0.2) is 0 Å². The second kappa shape index (κ2) is 8.85. The van der Waals surface area contributed by atoms with Gasteiger partial charge in [0.1, 0.15) is 29.2 Å². The highest BCUT2D eigenvalue weighted by atomic mass is 16.3. The molecule has 0 spiro atoms. The predicted octanol–water partition coefficient (Wildman–Crippen LogP) is 5.86. The summed E-state index contributed by atoms with van der Waals surface area (Å²) in [6.45, 7) is 0. The van der Waals surface area contributed by atoms with Gasteiger partial charge in [-0.05, 0) is 34.9 Å². The molecule has 0 saturated heterocycles. The zero-order chi connectivity index (χ0) is 18.9. The minimum absolute atomic E-state index is 0.00946. The number of nitrogens with zero attached hydrogens (tertiary/aromatic N) is 2. The van der Waals surface area contributed by atoms with Gasteiger partial charge < -0.3 is 4.42 Å². The molecule has 0 aliphatic heterocycles. The van der Waals surface area contributed by atoms with Crippen molar-refractivity contribution in [3.05, 3.63) is 113 Å². The summed E-state index contributed by atoms with van der Waals surface area (Å²) in [5, 5.41) is 17.6. The maximum absolute atomic E-state index is 8.81. The number of rotatable bonds is 5. The van der Waals surface area contributed by atoms with Crippen LogP contribution in [0.4, 0.5) is 0 Å². The molecule has 3 rings (SSSR count). The second-order valence-corrected chi connectivity index (χ2v) is 5.69. The average molecular weight is 348 g/mol. The molecule has 27 heavy (non-hydrogen) atoms. The summed E-state index contributed by atoms with van der Waals surface area (Å²) in [6.07, 6.45) is 7.24. The van der Waals surface area contributed by atoms with Gasteiger partial charge in [0.05, 0.1) is 0 Å². The van der Waals surface area contributed by atoms with Gasteiger partial charge in [-0.3, -0.25) is 0 Å². The SMILES string of the molecule is N#CC(C#N)=Cc1ccc(/C=C/C=C(c2ccccc2)c2ccccc2)o1. The zero-order valence-electron chi connectivity index (χ0n) is 14.5. The highest BCUT2D eigenvalue weighted by Gasteiger charge is 2.03. The molecule has 0 N–H and O–H groups in total. The predicted molar refractivity (Wildman–Crippen MR) is 107 cm³/mol. The molecule has 0 amide bonds. The summed E-state index contributed by atoms with van der Waals surface area (Å²) in [7, 11) is 0. The van der Waals surface area contributed by atoms with Crippen LogP contribution in [0.1, 0.15) is 22.6 Å². The molecule has 0 aliphatic carbocycles. The van der Waals surface area contributed by atoms with Gasteiger partial charge in [0, 0.05) is 6.08 Å². The van der Waals surface area contributed by atoms with E-state index in [1.807, 2.05) is 66.8 Å². The fourth-order valence-electron chi connectivity index (χ4n) is 2.60. The van der Waals surface area contributed by atoms with Crippen LogP contribution in [0.3, 0.4) is 0 Å². The Morgan fingerprint density at radius 1 is 0.741 bits per heavy atom. The Balaban J connectivity index is 1.88. The van der Waals surface area contributed by atoms with Crippen LogP contribution in [0.25, 0.3) is 17.7 Å². The Hall–Kier alpha value is -4.08. The van der Waals surface area contributed by atoms with Crippen molar-refractivity contribution >= 4 is 17.7 Å². The van der Waals surface area contributed by atoms with E-state index in [1.54, 1.807) is 12.1 Å². The first-order chi connectivity index (χ1) is 13.3.